The predicted octanol–water partition coefficient (Wildman–Crippen LogP) is 3.99. The first-order valence-corrected chi connectivity index (χ1v) is 7.59. The topological polar surface area (TPSA) is 64.1 Å². The van der Waals surface area contributed by atoms with Crippen molar-refractivity contribution >= 4 is 46.3 Å². The summed E-state index contributed by atoms with van der Waals surface area (Å²) in [5, 5.41) is 3.50. The number of halogens is 3. The zero-order valence-corrected chi connectivity index (χ0v) is 14.3. The molecule has 2 rings (SSSR count). The minimum absolute atomic E-state index is 0.168. The van der Waals surface area contributed by atoms with Gasteiger partial charge in [0.15, 0.2) is 12.0 Å². The Balaban J connectivity index is 2.04. The molecule has 1 atom stereocenters. The average molecular weight is 373 g/mol. The normalized spacial score (nSPS) is 11.7. The van der Waals surface area contributed by atoms with E-state index in [4.69, 9.17) is 39.5 Å². The third-order valence-corrected chi connectivity index (χ3v) is 3.52. The van der Waals surface area contributed by atoms with Crippen molar-refractivity contribution in [1.29, 1.82) is 0 Å². The van der Waals surface area contributed by atoms with Crippen LogP contribution in [0.3, 0.4) is 0 Å². The lowest BCUT2D eigenvalue weighted by atomic mass is 10.2. The Morgan fingerprint density at radius 2 is 1.91 bits per heavy atom. The van der Waals surface area contributed by atoms with Gasteiger partial charge in [0.1, 0.15) is 0 Å². The smallest absolute Gasteiger partial charge is 0.255 e. The van der Waals surface area contributed by atoms with Gasteiger partial charge >= 0.3 is 0 Å². The van der Waals surface area contributed by atoms with E-state index in [1.165, 1.54) is 30.7 Å². The predicted molar refractivity (Wildman–Crippen MR) is 90.8 cm³/mol. The van der Waals surface area contributed by atoms with Gasteiger partial charge in [-0.1, -0.05) is 41.4 Å². The standard InChI is InChI=1S/C15H12Cl3N3O2/c1-8(13-7-19-3-4-20-13)15(22)21-9(2)23-14-11(17)5-10(16)6-12(14)18/h3-7,9H,1H2,2H3,(H,21,22). The van der Waals surface area contributed by atoms with E-state index in [1.54, 1.807) is 6.92 Å². The molecule has 0 aliphatic carbocycles. The van der Waals surface area contributed by atoms with Gasteiger partial charge in [0.2, 0.25) is 0 Å². The van der Waals surface area contributed by atoms with E-state index in [9.17, 15) is 4.79 Å². The molecule has 0 aliphatic rings. The Bertz CT molecular complexity index is 715. The number of benzene rings is 1. The lowest BCUT2D eigenvalue weighted by molar-refractivity contribution is -0.117. The van der Waals surface area contributed by atoms with Crippen LogP contribution in [0.25, 0.3) is 5.57 Å². The van der Waals surface area contributed by atoms with Crippen LogP contribution in [0.4, 0.5) is 0 Å². The third-order valence-electron chi connectivity index (χ3n) is 2.74. The minimum Gasteiger partial charge on any atom is -0.468 e. The lowest BCUT2D eigenvalue weighted by Gasteiger charge is -2.18. The van der Waals surface area contributed by atoms with Crippen molar-refractivity contribution in [1.82, 2.24) is 15.3 Å². The van der Waals surface area contributed by atoms with Crippen LogP contribution in [0.5, 0.6) is 5.75 Å². The summed E-state index contributed by atoms with van der Waals surface area (Å²) in [5.41, 5.74) is 0.543. The van der Waals surface area contributed by atoms with Crippen LogP contribution in [-0.2, 0) is 4.79 Å². The average Bonchev–Trinajstić information content (AvgIpc) is 2.51. The Hall–Kier alpha value is -1.82. The summed E-state index contributed by atoms with van der Waals surface area (Å²) in [4.78, 5) is 20.0. The second kappa shape index (κ2) is 7.64. The zero-order chi connectivity index (χ0) is 17.0. The van der Waals surface area contributed by atoms with Crippen molar-refractivity contribution in [3.8, 4) is 5.75 Å². The molecule has 0 saturated heterocycles. The maximum Gasteiger partial charge on any atom is 0.255 e. The molecule has 1 unspecified atom stereocenters. The van der Waals surface area contributed by atoms with Gasteiger partial charge in [-0.05, 0) is 19.1 Å². The Labute approximate surface area is 148 Å². The zero-order valence-electron chi connectivity index (χ0n) is 12.0. The fourth-order valence-corrected chi connectivity index (χ4v) is 2.60. The maximum absolute atomic E-state index is 12.1. The van der Waals surface area contributed by atoms with E-state index in [0.29, 0.717) is 10.7 Å². The summed E-state index contributed by atoms with van der Waals surface area (Å²) in [6, 6.07) is 2.99. The molecule has 0 saturated carbocycles. The lowest BCUT2D eigenvalue weighted by Crippen LogP contribution is -2.37. The SMILES string of the molecule is C=C(C(=O)NC(C)Oc1c(Cl)cc(Cl)cc1Cl)c1cnccn1. The van der Waals surface area contributed by atoms with Crippen LogP contribution in [-0.4, -0.2) is 22.1 Å². The molecule has 2 aromatic rings. The number of hydrogen-bond acceptors (Lipinski definition) is 4. The van der Waals surface area contributed by atoms with E-state index >= 15 is 0 Å². The van der Waals surface area contributed by atoms with E-state index in [2.05, 4.69) is 21.9 Å². The Morgan fingerprint density at radius 3 is 2.48 bits per heavy atom. The summed E-state index contributed by atoms with van der Waals surface area (Å²) in [5.74, 6) is -0.213. The number of nitrogens with one attached hydrogen (secondary N) is 1. The number of rotatable bonds is 5. The van der Waals surface area contributed by atoms with Crippen LogP contribution in [0.2, 0.25) is 15.1 Å². The minimum atomic E-state index is -0.702. The van der Waals surface area contributed by atoms with Crippen LogP contribution in [0, 0.1) is 0 Å². The fraction of sp³-hybridized carbons (Fsp3) is 0.133. The second-order valence-corrected chi connectivity index (χ2v) is 5.75. The second-order valence-electron chi connectivity index (χ2n) is 4.50. The van der Waals surface area contributed by atoms with E-state index in [-0.39, 0.29) is 21.4 Å². The van der Waals surface area contributed by atoms with Gasteiger partial charge in [0, 0.05) is 17.4 Å². The highest BCUT2D eigenvalue weighted by Crippen LogP contribution is 2.36. The number of ether oxygens (including phenoxy) is 1. The van der Waals surface area contributed by atoms with E-state index < -0.39 is 12.1 Å². The van der Waals surface area contributed by atoms with Gasteiger partial charge < -0.3 is 10.1 Å². The molecule has 1 aromatic carbocycles. The van der Waals surface area contributed by atoms with E-state index in [0.717, 1.165) is 0 Å². The van der Waals surface area contributed by atoms with Gasteiger partial charge in [0.25, 0.3) is 5.91 Å². The molecule has 1 heterocycles. The molecule has 1 amide bonds. The van der Waals surface area contributed by atoms with Crippen molar-refractivity contribution in [2.75, 3.05) is 0 Å². The summed E-state index contributed by atoms with van der Waals surface area (Å²) >= 11 is 17.9. The van der Waals surface area contributed by atoms with Crippen LogP contribution in [0.15, 0.2) is 37.3 Å². The summed E-state index contributed by atoms with van der Waals surface area (Å²) < 4.78 is 5.56. The molecule has 120 valence electrons. The first-order chi connectivity index (χ1) is 10.9. The van der Waals surface area contributed by atoms with Crippen molar-refractivity contribution in [3.05, 3.63) is 58.1 Å². The molecule has 0 aliphatic heterocycles. The first-order valence-electron chi connectivity index (χ1n) is 6.46. The maximum atomic E-state index is 12.1. The highest BCUT2D eigenvalue weighted by Gasteiger charge is 2.17. The van der Waals surface area contributed by atoms with Gasteiger partial charge in [-0.25, -0.2) is 0 Å². The van der Waals surface area contributed by atoms with Gasteiger partial charge in [-0.3, -0.25) is 14.8 Å². The summed E-state index contributed by atoms with van der Waals surface area (Å²) in [7, 11) is 0. The third kappa shape index (κ3) is 4.58. The van der Waals surface area contributed by atoms with Gasteiger partial charge in [-0.15, -0.1) is 0 Å². The fourth-order valence-electron chi connectivity index (χ4n) is 1.69. The molecule has 0 fully saturated rings. The number of amides is 1. The molecule has 23 heavy (non-hydrogen) atoms. The van der Waals surface area contributed by atoms with E-state index in [1.807, 2.05) is 0 Å². The molecule has 0 radical (unpaired) electrons. The molecule has 1 N–H and O–H groups in total. The molecule has 0 bridgehead atoms. The van der Waals surface area contributed by atoms with Gasteiger partial charge in [-0.2, -0.15) is 0 Å². The summed E-state index contributed by atoms with van der Waals surface area (Å²) in [6.45, 7) is 5.32. The van der Waals surface area contributed by atoms with Crippen molar-refractivity contribution in [2.45, 2.75) is 13.2 Å². The van der Waals surface area contributed by atoms with Gasteiger partial charge in [0.05, 0.1) is 27.5 Å². The van der Waals surface area contributed by atoms with Crippen LogP contribution < -0.4 is 10.1 Å². The van der Waals surface area contributed by atoms with Crippen molar-refractivity contribution in [2.24, 2.45) is 0 Å². The molecule has 0 spiro atoms. The Kier molecular flexibility index (Phi) is 5.82. The number of carbonyl (C=O) groups is 1. The van der Waals surface area contributed by atoms with Crippen LogP contribution in [0.1, 0.15) is 12.6 Å². The highest BCUT2D eigenvalue weighted by molar-refractivity contribution is 6.40. The van der Waals surface area contributed by atoms with Crippen molar-refractivity contribution < 1.29 is 9.53 Å². The highest BCUT2D eigenvalue weighted by atomic mass is 35.5. The quantitative estimate of drug-likeness (QED) is 0.636. The molecule has 1 aromatic heterocycles. The molecule has 8 heteroatoms. The number of aromatic nitrogens is 2. The molecule has 5 nitrogen and oxygen atoms in total. The Morgan fingerprint density at radius 1 is 1.26 bits per heavy atom. The first kappa shape index (κ1) is 17.5. The molecular weight excluding hydrogens is 361 g/mol. The number of hydrogen-bond donors (Lipinski definition) is 1. The monoisotopic (exact) mass is 371 g/mol. The van der Waals surface area contributed by atoms with Crippen molar-refractivity contribution in [3.63, 3.8) is 0 Å². The molecular formula is C15H12Cl3N3O2. The van der Waals surface area contributed by atoms with Crippen LogP contribution >= 0.6 is 34.8 Å². The number of carbonyl (C=O) groups excluding carboxylic acids is 1. The summed E-state index contributed by atoms with van der Waals surface area (Å²) in [6.07, 6.45) is 3.72. The number of nitrogens with zero attached hydrogens (tertiary/aromatic N) is 2. The largest absolute Gasteiger partial charge is 0.468 e.